The maximum absolute atomic E-state index is 11.2. The van der Waals surface area contributed by atoms with Crippen LogP contribution in [0.1, 0.15) is 32.1 Å². The van der Waals surface area contributed by atoms with Crippen molar-refractivity contribution in [1.82, 2.24) is 5.32 Å². The number of rotatable bonds is 8. The topological polar surface area (TPSA) is 64.4 Å². The number of thioether (sulfide) groups is 1. The van der Waals surface area contributed by atoms with Crippen molar-refractivity contribution in [3.63, 3.8) is 0 Å². The van der Waals surface area contributed by atoms with Gasteiger partial charge in [-0.1, -0.05) is 0 Å². The van der Waals surface area contributed by atoms with Crippen molar-refractivity contribution in [2.45, 2.75) is 50.3 Å². The number of primary amides is 1. The van der Waals surface area contributed by atoms with Crippen LogP contribution in [0.2, 0.25) is 0 Å². The minimum absolute atomic E-state index is 0.139. The van der Waals surface area contributed by atoms with Crippen molar-refractivity contribution in [2.24, 2.45) is 5.73 Å². The van der Waals surface area contributed by atoms with Gasteiger partial charge in [-0.25, -0.2) is 0 Å². The lowest BCUT2D eigenvalue weighted by Gasteiger charge is -2.15. The maximum atomic E-state index is 11.2. The van der Waals surface area contributed by atoms with Crippen LogP contribution in [0.4, 0.5) is 0 Å². The molecule has 5 heteroatoms. The van der Waals surface area contributed by atoms with Gasteiger partial charge >= 0.3 is 0 Å². The first-order valence-corrected chi connectivity index (χ1v) is 7.66. The molecular weight excluding hydrogens is 236 g/mol. The molecule has 0 aromatic heterocycles. The third kappa shape index (κ3) is 4.85. The molecule has 0 spiro atoms. The fourth-order valence-electron chi connectivity index (χ4n) is 2.03. The summed E-state index contributed by atoms with van der Waals surface area (Å²) in [5, 5.41) is 3.30. The Labute approximate surface area is 107 Å². The summed E-state index contributed by atoms with van der Waals surface area (Å²) >= 11 is 1.87. The highest BCUT2D eigenvalue weighted by Gasteiger charge is 2.27. The summed E-state index contributed by atoms with van der Waals surface area (Å²) in [5.74, 6) is 1.82. The second-order valence-electron chi connectivity index (χ2n) is 4.89. The molecule has 4 nitrogen and oxygen atoms in total. The molecule has 0 bridgehead atoms. The fourth-order valence-corrected chi connectivity index (χ4v) is 3.13. The van der Waals surface area contributed by atoms with Crippen LogP contribution in [0.5, 0.6) is 0 Å². The van der Waals surface area contributed by atoms with E-state index in [1.165, 1.54) is 25.7 Å². The smallest absolute Gasteiger partial charge is 0.234 e. The van der Waals surface area contributed by atoms with Gasteiger partial charge in [-0.15, -0.1) is 0 Å². The first-order chi connectivity index (χ1) is 8.25. The Balaban J connectivity index is 1.56. The highest BCUT2D eigenvalue weighted by molar-refractivity contribution is 7.99. The Bertz CT molecular complexity index is 253. The molecule has 1 aliphatic heterocycles. The van der Waals surface area contributed by atoms with E-state index in [4.69, 9.17) is 10.5 Å². The number of nitrogens with two attached hydrogens (primary N) is 1. The molecule has 2 rings (SSSR count). The van der Waals surface area contributed by atoms with Gasteiger partial charge in [0.15, 0.2) is 0 Å². The molecule has 0 aromatic carbocycles. The summed E-state index contributed by atoms with van der Waals surface area (Å²) in [6, 6.07) is 0.398. The normalized spacial score (nSPS) is 26.0. The van der Waals surface area contributed by atoms with Gasteiger partial charge < -0.3 is 15.8 Å². The largest absolute Gasteiger partial charge is 0.377 e. The summed E-state index contributed by atoms with van der Waals surface area (Å²) in [5.41, 5.74) is 5.38. The quantitative estimate of drug-likeness (QED) is 0.635. The number of ether oxygens (including phenoxy) is 1. The predicted octanol–water partition coefficient (Wildman–Crippen LogP) is 0.895. The number of carbonyl (C=O) groups is 1. The number of hydrogen-bond acceptors (Lipinski definition) is 4. The van der Waals surface area contributed by atoms with Crippen molar-refractivity contribution in [3.8, 4) is 0 Å². The zero-order chi connectivity index (χ0) is 12.1. The van der Waals surface area contributed by atoms with E-state index in [9.17, 15) is 4.79 Å². The third-order valence-corrected chi connectivity index (χ3v) is 4.37. The van der Waals surface area contributed by atoms with Crippen LogP contribution in [0.25, 0.3) is 0 Å². The standard InChI is InChI=1S/C12H22N2O2S/c13-12(15)11(14-9-3-4-9)5-7-17-8-10-2-1-6-16-10/h9-11,14H,1-8H2,(H2,13,15). The van der Waals surface area contributed by atoms with Crippen molar-refractivity contribution in [3.05, 3.63) is 0 Å². The zero-order valence-corrected chi connectivity index (χ0v) is 11.0. The van der Waals surface area contributed by atoms with E-state index in [0.717, 1.165) is 24.5 Å². The van der Waals surface area contributed by atoms with Crippen molar-refractivity contribution >= 4 is 17.7 Å². The molecule has 2 atom stereocenters. The molecule has 2 unspecified atom stereocenters. The van der Waals surface area contributed by atoms with Gasteiger partial charge in [-0.3, -0.25) is 4.79 Å². The average Bonchev–Trinajstić information content (AvgIpc) is 2.96. The van der Waals surface area contributed by atoms with Crippen LogP contribution in [-0.2, 0) is 9.53 Å². The first-order valence-electron chi connectivity index (χ1n) is 6.50. The van der Waals surface area contributed by atoms with Gasteiger partial charge in [0.25, 0.3) is 0 Å². The number of hydrogen-bond donors (Lipinski definition) is 2. The van der Waals surface area contributed by atoms with Crippen LogP contribution in [-0.4, -0.2) is 42.2 Å². The van der Waals surface area contributed by atoms with E-state index in [1.54, 1.807) is 0 Å². The molecule has 17 heavy (non-hydrogen) atoms. The van der Waals surface area contributed by atoms with E-state index in [1.807, 2.05) is 11.8 Å². The van der Waals surface area contributed by atoms with Crippen LogP contribution >= 0.6 is 11.8 Å². The summed E-state index contributed by atoms with van der Waals surface area (Å²) < 4.78 is 5.55. The van der Waals surface area contributed by atoms with Gasteiger partial charge in [0.2, 0.25) is 5.91 Å². The van der Waals surface area contributed by atoms with E-state index < -0.39 is 0 Å². The summed E-state index contributed by atoms with van der Waals surface area (Å²) in [6.07, 6.45) is 6.02. The van der Waals surface area contributed by atoms with Gasteiger partial charge in [0.05, 0.1) is 12.1 Å². The monoisotopic (exact) mass is 258 g/mol. The van der Waals surface area contributed by atoms with Crippen LogP contribution in [0.15, 0.2) is 0 Å². The lowest BCUT2D eigenvalue weighted by atomic mass is 10.2. The van der Waals surface area contributed by atoms with E-state index in [0.29, 0.717) is 12.1 Å². The number of amides is 1. The minimum atomic E-state index is -0.213. The molecule has 98 valence electrons. The Hall–Kier alpha value is -0.260. The molecule has 1 amide bonds. The fraction of sp³-hybridized carbons (Fsp3) is 0.917. The predicted molar refractivity (Wildman–Crippen MR) is 70.1 cm³/mol. The highest BCUT2D eigenvalue weighted by atomic mass is 32.2. The minimum Gasteiger partial charge on any atom is -0.377 e. The summed E-state index contributed by atoms with van der Waals surface area (Å²) in [4.78, 5) is 11.2. The van der Waals surface area contributed by atoms with E-state index in [2.05, 4.69) is 5.32 Å². The van der Waals surface area contributed by atoms with Crippen LogP contribution in [0.3, 0.4) is 0 Å². The third-order valence-electron chi connectivity index (χ3n) is 3.24. The van der Waals surface area contributed by atoms with Gasteiger partial charge in [0.1, 0.15) is 0 Å². The molecule has 1 saturated carbocycles. The van der Waals surface area contributed by atoms with E-state index in [-0.39, 0.29) is 11.9 Å². The SMILES string of the molecule is NC(=O)C(CCSCC1CCCO1)NC1CC1. The van der Waals surface area contributed by atoms with Gasteiger partial charge in [0, 0.05) is 18.4 Å². The molecule has 1 saturated heterocycles. The Kier molecular flexibility index (Phi) is 5.13. The van der Waals surface area contributed by atoms with E-state index >= 15 is 0 Å². The Morgan fingerprint density at radius 2 is 2.29 bits per heavy atom. The van der Waals surface area contributed by atoms with Gasteiger partial charge in [-0.2, -0.15) is 11.8 Å². The van der Waals surface area contributed by atoms with Crippen molar-refractivity contribution in [1.29, 1.82) is 0 Å². The second kappa shape index (κ2) is 6.61. The Morgan fingerprint density at radius 3 is 2.88 bits per heavy atom. The average molecular weight is 258 g/mol. The van der Waals surface area contributed by atoms with Gasteiger partial charge in [-0.05, 0) is 37.9 Å². The lowest BCUT2D eigenvalue weighted by molar-refractivity contribution is -0.120. The summed E-state index contributed by atoms with van der Waals surface area (Å²) in [7, 11) is 0. The molecular formula is C12H22N2O2S. The zero-order valence-electron chi connectivity index (χ0n) is 10.2. The molecule has 3 N–H and O–H groups in total. The number of nitrogens with one attached hydrogen (secondary N) is 1. The lowest BCUT2D eigenvalue weighted by Crippen LogP contribution is -2.42. The first kappa shape index (κ1) is 13.2. The highest BCUT2D eigenvalue weighted by Crippen LogP contribution is 2.21. The molecule has 1 aliphatic carbocycles. The maximum Gasteiger partial charge on any atom is 0.234 e. The molecule has 0 radical (unpaired) electrons. The van der Waals surface area contributed by atoms with Crippen molar-refractivity contribution < 1.29 is 9.53 Å². The van der Waals surface area contributed by atoms with Crippen molar-refractivity contribution in [2.75, 3.05) is 18.1 Å². The molecule has 2 aliphatic rings. The number of carbonyl (C=O) groups excluding carboxylic acids is 1. The van der Waals surface area contributed by atoms with Crippen LogP contribution in [0, 0.1) is 0 Å². The molecule has 2 fully saturated rings. The summed E-state index contributed by atoms with van der Waals surface area (Å²) in [6.45, 7) is 0.915. The molecule has 0 aromatic rings. The second-order valence-corrected chi connectivity index (χ2v) is 6.04. The molecule has 1 heterocycles. The van der Waals surface area contributed by atoms with Crippen LogP contribution < -0.4 is 11.1 Å². The Morgan fingerprint density at radius 1 is 1.47 bits per heavy atom.